The highest BCUT2D eigenvalue weighted by Gasteiger charge is 2.25. The zero-order chi connectivity index (χ0) is 12.4. The van der Waals surface area contributed by atoms with Crippen LogP contribution in [0, 0.1) is 0 Å². The minimum Gasteiger partial charge on any atom is -0.383 e. The molecule has 0 rings (SSSR count). The van der Waals surface area contributed by atoms with Crippen LogP contribution in [0.25, 0.3) is 0 Å². The summed E-state index contributed by atoms with van der Waals surface area (Å²) in [5.74, 6) is 0. The van der Waals surface area contributed by atoms with Crippen LogP contribution in [0.15, 0.2) is 0 Å². The van der Waals surface area contributed by atoms with Crippen molar-refractivity contribution in [3.63, 3.8) is 0 Å². The Balaban J connectivity index is 3.20. The molecule has 0 atom stereocenters. The minimum absolute atomic E-state index is 0.144. The van der Waals surface area contributed by atoms with Gasteiger partial charge in [-0.15, -0.1) is 0 Å². The fraction of sp³-hybridized carbons (Fsp3) is 1.00. The summed E-state index contributed by atoms with van der Waals surface area (Å²) >= 11 is 0. The highest BCUT2D eigenvalue weighted by molar-refractivity contribution is 4.57. The zero-order valence-corrected chi connectivity index (χ0v) is 9.94. The van der Waals surface area contributed by atoms with Crippen LogP contribution in [0.2, 0.25) is 0 Å². The second-order valence-corrected chi connectivity index (χ2v) is 3.76. The Morgan fingerprint density at radius 2 is 1.88 bits per heavy atom. The van der Waals surface area contributed by atoms with Crippen molar-refractivity contribution in [3.8, 4) is 0 Å². The standard InChI is InChI=1S/C10H21F3N2O/c1-15(8-9-16-2)7-6-14-5-3-4-10(11,12)13/h14H,3-9H2,1-2H3. The molecule has 0 saturated carbocycles. The van der Waals surface area contributed by atoms with Crippen molar-refractivity contribution >= 4 is 0 Å². The van der Waals surface area contributed by atoms with Crippen LogP contribution in [0.1, 0.15) is 12.8 Å². The van der Waals surface area contributed by atoms with Crippen LogP contribution < -0.4 is 5.32 Å². The van der Waals surface area contributed by atoms with Crippen molar-refractivity contribution in [1.29, 1.82) is 0 Å². The average molecular weight is 242 g/mol. The second-order valence-electron chi connectivity index (χ2n) is 3.76. The van der Waals surface area contributed by atoms with Gasteiger partial charge in [0.15, 0.2) is 0 Å². The Kier molecular flexibility index (Phi) is 8.60. The summed E-state index contributed by atoms with van der Waals surface area (Å²) in [4.78, 5) is 2.07. The van der Waals surface area contributed by atoms with E-state index in [9.17, 15) is 13.2 Å². The SMILES string of the molecule is COCCN(C)CCNCCCC(F)(F)F. The van der Waals surface area contributed by atoms with Gasteiger partial charge < -0.3 is 15.0 Å². The number of alkyl halides is 3. The summed E-state index contributed by atoms with van der Waals surface area (Å²) < 4.78 is 40.3. The van der Waals surface area contributed by atoms with E-state index in [1.54, 1.807) is 7.11 Å². The van der Waals surface area contributed by atoms with Gasteiger partial charge in [-0.25, -0.2) is 0 Å². The second kappa shape index (κ2) is 8.78. The van der Waals surface area contributed by atoms with Gasteiger partial charge in [-0.2, -0.15) is 13.2 Å². The molecule has 3 nitrogen and oxygen atoms in total. The molecule has 0 aliphatic carbocycles. The van der Waals surface area contributed by atoms with Gasteiger partial charge in [-0.05, 0) is 20.0 Å². The lowest BCUT2D eigenvalue weighted by Gasteiger charge is -2.16. The normalized spacial score (nSPS) is 12.4. The van der Waals surface area contributed by atoms with Gasteiger partial charge in [0.1, 0.15) is 0 Å². The van der Waals surface area contributed by atoms with E-state index in [4.69, 9.17) is 4.74 Å². The van der Waals surface area contributed by atoms with Crippen molar-refractivity contribution < 1.29 is 17.9 Å². The molecule has 1 N–H and O–H groups in total. The molecule has 0 heterocycles. The molecular weight excluding hydrogens is 221 g/mol. The fourth-order valence-electron chi connectivity index (χ4n) is 1.17. The van der Waals surface area contributed by atoms with Crippen molar-refractivity contribution in [2.75, 3.05) is 46.9 Å². The van der Waals surface area contributed by atoms with E-state index in [-0.39, 0.29) is 6.42 Å². The molecule has 0 aliphatic rings. The van der Waals surface area contributed by atoms with Crippen molar-refractivity contribution in [3.05, 3.63) is 0 Å². The molecule has 0 bridgehead atoms. The molecule has 0 amide bonds. The summed E-state index contributed by atoms with van der Waals surface area (Å²) in [6, 6.07) is 0. The van der Waals surface area contributed by atoms with E-state index in [1.807, 2.05) is 7.05 Å². The van der Waals surface area contributed by atoms with Gasteiger partial charge in [0.05, 0.1) is 6.61 Å². The number of hydrogen-bond acceptors (Lipinski definition) is 3. The first kappa shape index (κ1) is 15.7. The number of nitrogens with one attached hydrogen (secondary N) is 1. The topological polar surface area (TPSA) is 24.5 Å². The van der Waals surface area contributed by atoms with Crippen molar-refractivity contribution in [2.45, 2.75) is 19.0 Å². The maximum atomic E-state index is 11.8. The number of likely N-dealkylation sites (N-methyl/N-ethyl adjacent to an activating group) is 1. The monoisotopic (exact) mass is 242 g/mol. The summed E-state index contributed by atoms with van der Waals surface area (Å²) in [5, 5.41) is 2.98. The molecule has 0 saturated heterocycles. The first-order valence-corrected chi connectivity index (χ1v) is 5.40. The van der Waals surface area contributed by atoms with Crippen molar-refractivity contribution in [1.82, 2.24) is 10.2 Å². The van der Waals surface area contributed by atoms with Crippen LogP contribution >= 0.6 is 0 Å². The summed E-state index contributed by atoms with van der Waals surface area (Å²) in [6.07, 6.45) is -4.60. The molecule has 16 heavy (non-hydrogen) atoms. The van der Waals surface area contributed by atoms with Gasteiger partial charge in [-0.1, -0.05) is 0 Å². The first-order chi connectivity index (χ1) is 7.45. The Morgan fingerprint density at radius 1 is 1.19 bits per heavy atom. The van der Waals surface area contributed by atoms with E-state index >= 15 is 0 Å². The first-order valence-electron chi connectivity index (χ1n) is 5.40. The summed E-state index contributed by atoms with van der Waals surface area (Å²) in [7, 11) is 3.60. The molecule has 0 radical (unpaired) electrons. The van der Waals surface area contributed by atoms with E-state index in [1.165, 1.54) is 0 Å². The van der Waals surface area contributed by atoms with Crippen LogP contribution in [0.4, 0.5) is 13.2 Å². The molecule has 6 heteroatoms. The maximum absolute atomic E-state index is 11.8. The Labute approximate surface area is 94.9 Å². The summed E-state index contributed by atoms with van der Waals surface area (Å²) in [5.41, 5.74) is 0. The van der Waals surface area contributed by atoms with Crippen molar-refractivity contribution in [2.24, 2.45) is 0 Å². The number of nitrogens with zero attached hydrogens (tertiary/aromatic N) is 1. The lowest BCUT2D eigenvalue weighted by atomic mass is 10.3. The molecule has 98 valence electrons. The maximum Gasteiger partial charge on any atom is 0.389 e. The van der Waals surface area contributed by atoms with Gasteiger partial charge >= 0.3 is 6.18 Å². The predicted molar refractivity (Wildman–Crippen MR) is 57.5 cm³/mol. The molecule has 0 aromatic rings. The molecule has 0 unspecified atom stereocenters. The smallest absolute Gasteiger partial charge is 0.383 e. The van der Waals surface area contributed by atoms with E-state index < -0.39 is 12.6 Å². The minimum atomic E-state index is -4.03. The third-order valence-corrected chi connectivity index (χ3v) is 2.16. The number of ether oxygens (including phenoxy) is 1. The lowest BCUT2D eigenvalue weighted by molar-refractivity contribution is -0.135. The van der Waals surface area contributed by atoms with Gasteiger partial charge in [0.25, 0.3) is 0 Å². The van der Waals surface area contributed by atoms with Crippen LogP contribution in [0.5, 0.6) is 0 Å². The molecule has 0 fully saturated rings. The highest BCUT2D eigenvalue weighted by atomic mass is 19.4. The van der Waals surface area contributed by atoms with E-state index in [0.717, 1.165) is 13.1 Å². The van der Waals surface area contributed by atoms with Gasteiger partial charge in [0, 0.05) is 33.2 Å². The van der Waals surface area contributed by atoms with Gasteiger partial charge in [0.2, 0.25) is 0 Å². The summed E-state index contributed by atoms with van der Waals surface area (Å²) in [6.45, 7) is 3.44. The van der Waals surface area contributed by atoms with E-state index in [0.29, 0.717) is 19.7 Å². The quantitative estimate of drug-likeness (QED) is 0.620. The molecule has 0 aromatic heterocycles. The lowest BCUT2D eigenvalue weighted by Crippen LogP contribution is -2.32. The number of methoxy groups -OCH3 is 1. The zero-order valence-electron chi connectivity index (χ0n) is 9.94. The third kappa shape index (κ3) is 11.7. The fourth-order valence-corrected chi connectivity index (χ4v) is 1.17. The molecule has 0 aliphatic heterocycles. The van der Waals surface area contributed by atoms with Crippen LogP contribution in [-0.4, -0.2) is 58.0 Å². The Bertz CT molecular complexity index is 165. The number of hydrogen-bond donors (Lipinski definition) is 1. The van der Waals surface area contributed by atoms with Gasteiger partial charge in [-0.3, -0.25) is 0 Å². The third-order valence-electron chi connectivity index (χ3n) is 2.16. The molecule has 0 spiro atoms. The Hall–Kier alpha value is -0.330. The van der Waals surface area contributed by atoms with Crippen LogP contribution in [0.3, 0.4) is 0 Å². The Morgan fingerprint density at radius 3 is 2.44 bits per heavy atom. The average Bonchev–Trinajstić information content (AvgIpc) is 2.18. The van der Waals surface area contributed by atoms with Crippen LogP contribution in [-0.2, 0) is 4.74 Å². The van der Waals surface area contributed by atoms with E-state index in [2.05, 4.69) is 10.2 Å². The molecular formula is C10H21F3N2O. The number of halogens is 3. The molecule has 0 aromatic carbocycles. The predicted octanol–water partition coefficient (Wildman–Crippen LogP) is 1.50. The number of rotatable bonds is 9. The largest absolute Gasteiger partial charge is 0.389 e. The highest BCUT2D eigenvalue weighted by Crippen LogP contribution is 2.20.